The Bertz CT molecular complexity index is 1090. The van der Waals surface area contributed by atoms with Gasteiger partial charge in [0, 0.05) is 43.8 Å². The number of anilines is 1. The van der Waals surface area contributed by atoms with E-state index in [1.54, 1.807) is 23.8 Å². The molecule has 164 valence electrons. The number of pyridine rings is 1. The van der Waals surface area contributed by atoms with Crippen molar-refractivity contribution in [1.29, 1.82) is 0 Å². The average molecular weight is 437 g/mol. The Morgan fingerprint density at radius 2 is 1.97 bits per heavy atom. The van der Waals surface area contributed by atoms with Gasteiger partial charge in [-0.05, 0) is 45.1 Å². The molecule has 0 aromatic carbocycles. The van der Waals surface area contributed by atoms with Crippen LogP contribution in [-0.4, -0.2) is 64.1 Å². The van der Waals surface area contributed by atoms with E-state index < -0.39 is 15.8 Å². The van der Waals surface area contributed by atoms with Crippen LogP contribution >= 0.6 is 0 Å². The minimum Gasteiger partial charge on any atom is -0.388 e. The van der Waals surface area contributed by atoms with Crippen molar-refractivity contribution in [2.45, 2.75) is 56.7 Å². The van der Waals surface area contributed by atoms with E-state index in [1.165, 1.54) is 17.4 Å². The third-order valence-corrected chi connectivity index (χ3v) is 7.80. The number of nitrogens with zero attached hydrogens (tertiary/aromatic N) is 4. The number of aromatic nitrogens is 3. The molecule has 2 aliphatic rings. The van der Waals surface area contributed by atoms with Crippen LogP contribution in [0.3, 0.4) is 0 Å². The second kappa shape index (κ2) is 7.88. The standard InChI is InChI=1S/C19H28N6O4S/c1-19(27)9-3-4-15(19)25-16(26)6-5-13-12-21-18(23-17(13)25)22-14-7-10-24(11-8-14)30(28,29)20-2/h5-6,12,14-15,20,27H,3-4,7-11H2,1-2H3,(H,21,22,23)/t15-,19-/m1/s1. The maximum Gasteiger partial charge on any atom is 0.279 e. The smallest absolute Gasteiger partial charge is 0.279 e. The van der Waals surface area contributed by atoms with Crippen LogP contribution in [0.15, 0.2) is 23.1 Å². The van der Waals surface area contributed by atoms with Gasteiger partial charge in [-0.15, -0.1) is 0 Å². The largest absolute Gasteiger partial charge is 0.388 e. The van der Waals surface area contributed by atoms with E-state index in [9.17, 15) is 18.3 Å². The molecule has 3 N–H and O–H groups in total. The lowest BCUT2D eigenvalue weighted by Gasteiger charge is -2.31. The van der Waals surface area contributed by atoms with Crippen LogP contribution in [0.1, 0.15) is 45.1 Å². The molecule has 3 heterocycles. The monoisotopic (exact) mass is 436 g/mol. The lowest BCUT2D eigenvalue weighted by Crippen LogP contribution is -2.46. The van der Waals surface area contributed by atoms with Gasteiger partial charge < -0.3 is 10.4 Å². The normalized spacial score (nSPS) is 26.3. The zero-order valence-corrected chi connectivity index (χ0v) is 18.0. The van der Waals surface area contributed by atoms with Crippen LogP contribution in [0.5, 0.6) is 0 Å². The number of hydrogen-bond acceptors (Lipinski definition) is 7. The third-order valence-electron chi connectivity index (χ3n) is 6.24. The molecule has 0 amide bonds. The molecule has 4 rings (SSSR count). The van der Waals surface area contributed by atoms with Gasteiger partial charge in [-0.25, -0.2) is 9.71 Å². The summed E-state index contributed by atoms with van der Waals surface area (Å²) >= 11 is 0. The topological polar surface area (TPSA) is 129 Å². The first-order chi connectivity index (χ1) is 14.2. The summed E-state index contributed by atoms with van der Waals surface area (Å²) < 4.78 is 29.2. The Morgan fingerprint density at radius 3 is 2.60 bits per heavy atom. The SMILES string of the molecule is CNS(=O)(=O)N1CCC(Nc2ncc3ccc(=O)n([C@@H]4CCC[C@@]4(C)O)c3n2)CC1. The molecule has 2 fully saturated rings. The Kier molecular flexibility index (Phi) is 5.56. The molecule has 0 spiro atoms. The van der Waals surface area contributed by atoms with Crippen LogP contribution in [0.4, 0.5) is 5.95 Å². The van der Waals surface area contributed by atoms with Crippen molar-refractivity contribution in [1.82, 2.24) is 23.6 Å². The maximum absolute atomic E-state index is 12.7. The summed E-state index contributed by atoms with van der Waals surface area (Å²) in [5, 5.41) is 14.8. The molecule has 2 atom stereocenters. The number of rotatable bonds is 5. The second-order valence-corrected chi connectivity index (χ2v) is 10.2. The fourth-order valence-corrected chi connectivity index (χ4v) is 5.45. The Balaban J connectivity index is 1.58. The summed E-state index contributed by atoms with van der Waals surface area (Å²) in [5.74, 6) is 0.398. The fraction of sp³-hybridized carbons (Fsp3) is 0.632. The molecule has 10 nitrogen and oxygen atoms in total. The maximum atomic E-state index is 12.7. The predicted molar refractivity (Wildman–Crippen MR) is 114 cm³/mol. The van der Waals surface area contributed by atoms with Gasteiger partial charge in [-0.3, -0.25) is 9.36 Å². The molecule has 1 saturated carbocycles. The number of piperidine rings is 1. The highest BCUT2D eigenvalue weighted by Gasteiger charge is 2.39. The third kappa shape index (κ3) is 3.94. The van der Waals surface area contributed by atoms with Gasteiger partial charge in [-0.1, -0.05) is 0 Å². The van der Waals surface area contributed by atoms with Gasteiger partial charge in [0.2, 0.25) is 5.95 Å². The second-order valence-electron chi connectivity index (χ2n) is 8.31. The van der Waals surface area contributed by atoms with Gasteiger partial charge in [-0.2, -0.15) is 17.7 Å². The fourth-order valence-electron chi connectivity index (χ4n) is 4.50. The van der Waals surface area contributed by atoms with E-state index in [4.69, 9.17) is 0 Å². The Hall–Kier alpha value is -2.08. The quantitative estimate of drug-likeness (QED) is 0.626. The molecule has 30 heavy (non-hydrogen) atoms. The highest BCUT2D eigenvalue weighted by atomic mass is 32.2. The molecule has 2 aromatic rings. The highest BCUT2D eigenvalue weighted by Crippen LogP contribution is 2.39. The predicted octanol–water partition coefficient (Wildman–Crippen LogP) is 0.608. The number of fused-ring (bicyclic) bond motifs is 1. The molecule has 1 saturated heterocycles. The van der Waals surface area contributed by atoms with Crippen LogP contribution in [0, 0.1) is 0 Å². The first kappa shape index (κ1) is 21.2. The minimum absolute atomic E-state index is 0.0317. The van der Waals surface area contributed by atoms with Gasteiger partial charge >= 0.3 is 0 Å². The first-order valence-corrected chi connectivity index (χ1v) is 11.7. The zero-order valence-electron chi connectivity index (χ0n) is 17.2. The summed E-state index contributed by atoms with van der Waals surface area (Å²) in [5.41, 5.74) is -0.644. The van der Waals surface area contributed by atoms with E-state index in [2.05, 4.69) is 20.0 Å². The van der Waals surface area contributed by atoms with E-state index in [0.717, 1.165) is 18.2 Å². The Labute approximate surface area is 175 Å². The summed E-state index contributed by atoms with van der Waals surface area (Å²) in [6.45, 7) is 2.58. The van der Waals surface area contributed by atoms with Gasteiger partial charge in [0.1, 0.15) is 5.65 Å². The van der Waals surface area contributed by atoms with Gasteiger partial charge in [0.25, 0.3) is 15.8 Å². The molecule has 2 aromatic heterocycles. The number of hydrogen-bond donors (Lipinski definition) is 3. The van der Waals surface area contributed by atoms with Crippen molar-refractivity contribution in [3.8, 4) is 0 Å². The molecule has 11 heteroatoms. The molecule has 0 bridgehead atoms. The summed E-state index contributed by atoms with van der Waals surface area (Å²) in [7, 11) is -2.01. The average Bonchev–Trinajstić information content (AvgIpc) is 3.07. The van der Waals surface area contributed by atoms with E-state index in [1.807, 2.05) is 0 Å². The molecule has 1 aliphatic heterocycles. The van der Waals surface area contributed by atoms with Gasteiger partial charge in [0.05, 0.1) is 11.6 Å². The van der Waals surface area contributed by atoms with E-state index in [-0.39, 0.29) is 17.6 Å². The van der Waals surface area contributed by atoms with E-state index in [0.29, 0.717) is 43.9 Å². The van der Waals surface area contributed by atoms with Crippen LogP contribution in [0.2, 0.25) is 0 Å². The van der Waals surface area contributed by atoms with Crippen molar-refractivity contribution in [2.24, 2.45) is 0 Å². The summed E-state index contributed by atoms with van der Waals surface area (Å²) in [6, 6.07) is 2.89. The van der Waals surface area contributed by atoms with Crippen molar-refractivity contribution in [2.75, 3.05) is 25.5 Å². The molecule has 0 unspecified atom stereocenters. The number of aliphatic hydroxyl groups is 1. The molecular formula is C19H28N6O4S. The van der Waals surface area contributed by atoms with E-state index >= 15 is 0 Å². The Morgan fingerprint density at radius 1 is 1.23 bits per heavy atom. The van der Waals surface area contributed by atoms with Crippen LogP contribution in [0.25, 0.3) is 11.0 Å². The van der Waals surface area contributed by atoms with Crippen molar-refractivity contribution < 1.29 is 13.5 Å². The molecule has 1 aliphatic carbocycles. The molecular weight excluding hydrogens is 408 g/mol. The minimum atomic E-state index is -3.41. The lowest BCUT2D eigenvalue weighted by atomic mass is 10.00. The van der Waals surface area contributed by atoms with Crippen LogP contribution in [-0.2, 0) is 10.2 Å². The van der Waals surface area contributed by atoms with Crippen molar-refractivity contribution >= 4 is 27.2 Å². The summed E-state index contributed by atoms with van der Waals surface area (Å²) in [6.07, 6.45) is 5.14. The number of nitrogens with one attached hydrogen (secondary N) is 2. The summed E-state index contributed by atoms with van der Waals surface area (Å²) in [4.78, 5) is 21.7. The van der Waals surface area contributed by atoms with Crippen molar-refractivity contribution in [3.05, 3.63) is 28.7 Å². The molecule has 0 radical (unpaired) electrons. The highest BCUT2D eigenvalue weighted by molar-refractivity contribution is 7.87. The van der Waals surface area contributed by atoms with Crippen molar-refractivity contribution in [3.63, 3.8) is 0 Å². The lowest BCUT2D eigenvalue weighted by molar-refractivity contribution is 0.0267. The zero-order chi connectivity index (χ0) is 21.5. The van der Waals surface area contributed by atoms with Crippen LogP contribution < -0.4 is 15.6 Å². The van der Waals surface area contributed by atoms with Gasteiger partial charge in [0.15, 0.2) is 0 Å². The first-order valence-electron chi connectivity index (χ1n) is 10.3.